The first-order chi connectivity index (χ1) is 12.5. The molecular weight excluding hydrogens is 346 g/mol. The molecular formula is C20H31N3O4. The van der Waals surface area contributed by atoms with Gasteiger partial charge in [0, 0.05) is 30.4 Å². The number of ether oxygens (including phenoxy) is 1. The summed E-state index contributed by atoms with van der Waals surface area (Å²) in [6.45, 7) is 11.5. The Morgan fingerprint density at radius 2 is 1.89 bits per heavy atom. The van der Waals surface area contributed by atoms with Crippen molar-refractivity contribution in [2.45, 2.75) is 72.4 Å². The first kappa shape index (κ1) is 21.0. The summed E-state index contributed by atoms with van der Waals surface area (Å²) in [5.74, 6) is -0.180. The number of aromatic amines is 1. The highest BCUT2D eigenvalue weighted by atomic mass is 16.6. The molecule has 0 radical (unpaired) electrons. The first-order valence-electron chi connectivity index (χ1n) is 9.49. The van der Waals surface area contributed by atoms with Crippen LogP contribution in [-0.2, 0) is 4.74 Å². The molecule has 0 spiro atoms. The number of alkyl carbamates (subject to hydrolysis) is 1. The van der Waals surface area contributed by atoms with Crippen LogP contribution in [0.1, 0.15) is 79.1 Å². The number of amides is 2. The van der Waals surface area contributed by atoms with Crippen molar-refractivity contribution in [1.82, 2.24) is 15.2 Å². The summed E-state index contributed by atoms with van der Waals surface area (Å²) >= 11 is 0. The van der Waals surface area contributed by atoms with Gasteiger partial charge in [0.1, 0.15) is 11.3 Å². The number of hydrogen-bond donors (Lipinski definition) is 2. The summed E-state index contributed by atoms with van der Waals surface area (Å²) in [6.07, 6.45) is 2.27. The SMILES string of the molecule is CC(=O)c1c(C)[nH]c(C(=O)N2CCCC[C@@H]2CNC(=O)OC(C)(C)C)c1C. The number of hydrogen-bond acceptors (Lipinski definition) is 4. The van der Waals surface area contributed by atoms with E-state index in [0.29, 0.717) is 35.6 Å². The minimum absolute atomic E-state index is 0.0536. The van der Waals surface area contributed by atoms with E-state index in [4.69, 9.17) is 4.74 Å². The zero-order chi connectivity index (χ0) is 20.4. The molecule has 1 aromatic heterocycles. The predicted octanol–water partition coefficient (Wildman–Crippen LogP) is 3.35. The zero-order valence-electron chi connectivity index (χ0n) is 17.2. The lowest BCUT2D eigenvalue weighted by atomic mass is 10.0. The summed E-state index contributed by atoms with van der Waals surface area (Å²) < 4.78 is 5.28. The van der Waals surface area contributed by atoms with Crippen molar-refractivity contribution in [2.75, 3.05) is 13.1 Å². The second-order valence-electron chi connectivity index (χ2n) is 8.21. The molecule has 1 aromatic rings. The maximum absolute atomic E-state index is 13.1. The van der Waals surface area contributed by atoms with Crippen LogP contribution in [0.2, 0.25) is 0 Å². The number of carbonyl (C=O) groups is 3. The average Bonchev–Trinajstić information content (AvgIpc) is 2.85. The van der Waals surface area contributed by atoms with E-state index in [1.807, 2.05) is 20.8 Å². The highest BCUT2D eigenvalue weighted by molar-refractivity contribution is 6.02. The first-order valence-corrected chi connectivity index (χ1v) is 9.49. The fourth-order valence-corrected chi connectivity index (χ4v) is 3.63. The van der Waals surface area contributed by atoms with Crippen LogP contribution >= 0.6 is 0 Å². The Hall–Kier alpha value is -2.31. The standard InChI is InChI=1S/C20H31N3O4/c1-12-16(14(3)24)13(2)22-17(12)18(25)23-10-8-7-9-15(23)11-21-19(26)27-20(4,5)6/h15,22H,7-11H2,1-6H3,(H,21,26)/t15-/m1/s1. The lowest BCUT2D eigenvalue weighted by Crippen LogP contribution is -2.50. The summed E-state index contributed by atoms with van der Waals surface area (Å²) in [6, 6.07) is -0.0949. The number of aryl methyl sites for hydroxylation is 1. The maximum atomic E-state index is 13.1. The third-order valence-corrected chi connectivity index (χ3v) is 4.77. The number of nitrogens with zero attached hydrogens (tertiary/aromatic N) is 1. The second-order valence-corrected chi connectivity index (χ2v) is 8.21. The Morgan fingerprint density at radius 1 is 1.22 bits per heavy atom. The summed E-state index contributed by atoms with van der Waals surface area (Å²) in [4.78, 5) is 41.8. The van der Waals surface area contributed by atoms with Gasteiger partial charge in [0.15, 0.2) is 5.78 Å². The van der Waals surface area contributed by atoms with Crippen LogP contribution in [0, 0.1) is 13.8 Å². The van der Waals surface area contributed by atoms with Crippen LogP contribution in [0.5, 0.6) is 0 Å². The van der Waals surface area contributed by atoms with E-state index in [0.717, 1.165) is 19.3 Å². The molecule has 1 aliphatic heterocycles. The van der Waals surface area contributed by atoms with Gasteiger partial charge in [-0.25, -0.2) is 4.79 Å². The van der Waals surface area contributed by atoms with E-state index in [1.54, 1.807) is 18.7 Å². The Labute approximate surface area is 160 Å². The molecule has 0 saturated carbocycles. The van der Waals surface area contributed by atoms with Crippen LogP contribution in [0.15, 0.2) is 0 Å². The molecule has 2 N–H and O–H groups in total. The zero-order valence-corrected chi connectivity index (χ0v) is 17.2. The molecule has 1 aliphatic rings. The van der Waals surface area contributed by atoms with Crippen molar-refractivity contribution < 1.29 is 19.1 Å². The number of likely N-dealkylation sites (tertiary alicyclic amines) is 1. The van der Waals surface area contributed by atoms with Crippen LogP contribution in [0.4, 0.5) is 4.79 Å². The molecule has 1 saturated heterocycles. The smallest absolute Gasteiger partial charge is 0.407 e. The molecule has 1 atom stereocenters. The molecule has 0 aromatic carbocycles. The molecule has 0 bridgehead atoms. The number of ketones is 1. The number of aromatic nitrogens is 1. The van der Waals surface area contributed by atoms with E-state index >= 15 is 0 Å². The highest BCUT2D eigenvalue weighted by Crippen LogP contribution is 2.24. The van der Waals surface area contributed by atoms with Gasteiger partial charge in [-0.1, -0.05) is 0 Å². The molecule has 2 heterocycles. The Morgan fingerprint density at radius 3 is 2.44 bits per heavy atom. The summed E-state index contributed by atoms with van der Waals surface area (Å²) in [5.41, 5.74) is 1.88. The minimum Gasteiger partial charge on any atom is -0.444 e. The normalized spacial score (nSPS) is 17.6. The second kappa shape index (κ2) is 8.15. The molecule has 7 heteroatoms. The fourth-order valence-electron chi connectivity index (χ4n) is 3.63. The number of H-pyrrole nitrogens is 1. The fraction of sp³-hybridized carbons (Fsp3) is 0.650. The Kier molecular flexibility index (Phi) is 6.34. The van der Waals surface area contributed by atoms with Gasteiger partial charge in [0.2, 0.25) is 0 Å². The molecule has 7 nitrogen and oxygen atoms in total. The van der Waals surface area contributed by atoms with Gasteiger partial charge in [-0.15, -0.1) is 0 Å². The highest BCUT2D eigenvalue weighted by Gasteiger charge is 2.31. The average molecular weight is 377 g/mol. The van der Waals surface area contributed by atoms with Crippen LogP contribution in [-0.4, -0.2) is 52.4 Å². The van der Waals surface area contributed by atoms with Crippen molar-refractivity contribution in [1.29, 1.82) is 0 Å². The van der Waals surface area contributed by atoms with Gasteiger partial charge in [-0.05, 0) is 66.4 Å². The number of carbonyl (C=O) groups excluding carboxylic acids is 3. The van der Waals surface area contributed by atoms with Crippen molar-refractivity contribution >= 4 is 17.8 Å². The molecule has 0 aliphatic carbocycles. The summed E-state index contributed by atoms with van der Waals surface area (Å²) in [7, 11) is 0. The van der Waals surface area contributed by atoms with Crippen LogP contribution < -0.4 is 5.32 Å². The molecule has 27 heavy (non-hydrogen) atoms. The molecule has 0 unspecified atom stereocenters. The largest absolute Gasteiger partial charge is 0.444 e. The van der Waals surface area contributed by atoms with E-state index in [-0.39, 0.29) is 17.7 Å². The Bertz CT molecular complexity index is 730. The van der Waals surface area contributed by atoms with Gasteiger partial charge in [-0.3, -0.25) is 9.59 Å². The van der Waals surface area contributed by atoms with Gasteiger partial charge in [-0.2, -0.15) is 0 Å². The van der Waals surface area contributed by atoms with Crippen molar-refractivity contribution in [3.05, 3.63) is 22.5 Å². The lowest BCUT2D eigenvalue weighted by Gasteiger charge is -2.36. The number of piperidine rings is 1. The van der Waals surface area contributed by atoms with E-state index in [9.17, 15) is 14.4 Å². The lowest BCUT2D eigenvalue weighted by molar-refractivity contribution is 0.0460. The molecule has 1 fully saturated rings. The summed E-state index contributed by atoms with van der Waals surface area (Å²) in [5, 5.41) is 2.78. The van der Waals surface area contributed by atoms with E-state index < -0.39 is 11.7 Å². The van der Waals surface area contributed by atoms with Gasteiger partial charge in [0.25, 0.3) is 5.91 Å². The molecule has 150 valence electrons. The number of Topliss-reactive ketones (excluding diaryl/α,β-unsaturated/α-hetero) is 1. The van der Waals surface area contributed by atoms with Gasteiger partial charge in [0.05, 0.1) is 0 Å². The minimum atomic E-state index is -0.561. The number of nitrogens with one attached hydrogen (secondary N) is 2. The third-order valence-electron chi connectivity index (χ3n) is 4.77. The quantitative estimate of drug-likeness (QED) is 0.787. The van der Waals surface area contributed by atoms with Crippen molar-refractivity contribution in [3.63, 3.8) is 0 Å². The topological polar surface area (TPSA) is 91.5 Å². The van der Waals surface area contributed by atoms with Gasteiger partial charge >= 0.3 is 6.09 Å². The van der Waals surface area contributed by atoms with Crippen molar-refractivity contribution in [2.24, 2.45) is 0 Å². The third kappa shape index (κ3) is 5.11. The van der Waals surface area contributed by atoms with Crippen LogP contribution in [0.3, 0.4) is 0 Å². The van der Waals surface area contributed by atoms with Crippen molar-refractivity contribution in [3.8, 4) is 0 Å². The number of rotatable bonds is 4. The van der Waals surface area contributed by atoms with E-state index in [2.05, 4.69) is 10.3 Å². The molecule has 2 rings (SSSR count). The monoisotopic (exact) mass is 377 g/mol. The van der Waals surface area contributed by atoms with Crippen LogP contribution in [0.25, 0.3) is 0 Å². The molecule has 2 amide bonds. The predicted molar refractivity (Wildman–Crippen MR) is 103 cm³/mol. The Balaban J connectivity index is 2.13. The van der Waals surface area contributed by atoms with Gasteiger partial charge < -0.3 is 19.9 Å². The van der Waals surface area contributed by atoms with E-state index in [1.165, 1.54) is 6.92 Å². The maximum Gasteiger partial charge on any atom is 0.407 e.